The van der Waals surface area contributed by atoms with Crippen molar-refractivity contribution < 1.29 is 4.39 Å². The number of benzene rings is 1. The van der Waals surface area contributed by atoms with Crippen LogP contribution in [-0.2, 0) is 6.54 Å². The predicted molar refractivity (Wildman–Crippen MR) is 68.2 cm³/mol. The second-order valence-corrected chi connectivity index (χ2v) is 4.43. The van der Waals surface area contributed by atoms with Crippen molar-refractivity contribution in [2.24, 2.45) is 0 Å². The largest absolute Gasteiger partial charge is 0.379 e. The molecule has 0 saturated carbocycles. The summed E-state index contributed by atoms with van der Waals surface area (Å²) in [5.74, 6) is 0.445. The molecule has 1 N–H and O–H groups in total. The van der Waals surface area contributed by atoms with E-state index in [1.165, 1.54) is 6.07 Å². The summed E-state index contributed by atoms with van der Waals surface area (Å²) in [6.07, 6.45) is 1.71. The molecule has 0 aliphatic rings. The number of aryl methyl sites for hydroxylation is 1. The van der Waals surface area contributed by atoms with E-state index in [1.807, 2.05) is 13.0 Å². The highest BCUT2D eigenvalue weighted by molar-refractivity contribution is 9.10. The summed E-state index contributed by atoms with van der Waals surface area (Å²) < 4.78 is 13.7. The van der Waals surface area contributed by atoms with Crippen LogP contribution in [-0.4, -0.2) is 9.97 Å². The Labute approximate surface area is 107 Å². The molecule has 0 aliphatic heterocycles. The summed E-state index contributed by atoms with van der Waals surface area (Å²) in [5, 5.41) is 3.11. The molecule has 0 unspecified atom stereocenters. The summed E-state index contributed by atoms with van der Waals surface area (Å²) in [6, 6.07) is 6.75. The molecule has 3 nitrogen and oxygen atoms in total. The molecule has 0 amide bonds. The number of rotatable bonds is 3. The molecule has 0 fully saturated rings. The standard InChI is InChI=1S/C12H11BrFN3/c1-8-15-5-4-10(17-8)7-16-9-2-3-11(13)12(14)6-9/h2-6,16H,7H2,1H3. The summed E-state index contributed by atoms with van der Waals surface area (Å²) in [5.41, 5.74) is 1.60. The summed E-state index contributed by atoms with van der Waals surface area (Å²) in [4.78, 5) is 8.27. The number of aromatic nitrogens is 2. The van der Waals surface area contributed by atoms with Crippen LogP contribution in [0, 0.1) is 12.7 Å². The predicted octanol–water partition coefficient (Wildman–Crippen LogP) is 3.30. The van der Waals surface area contributed by atoms with Crippen LogP contribution in [0.3, 0.4) is 0 Å². The van der Waals surface area contributed by atoms with Gasteiger partial charge in [0, 0.05) is 11.9 Å². The minimum atomic E-state index is -0.283. The molecule has 0 saturated heterocycles. The molecule has 0 spiro atoms. The van der Waals surface area contributed by atoms with E-state index in [0.717, 1.165) is 17.2 Å². The number of nitrogens with one attached hydrogen (secondary N) is 1. The minimum Gasteiger partial charge on any atom is -0.379 e. The van der Waals surface area contributed by atoms with E-state index in [4.69, 9.17) is 0 Å². The van der Waals surface area contributed by atoms with E-state index >= 15 is 0 Å². The maximum atomic E-state index is 13.3. The van der Waals surface area contributed by atoms with E-state index in [9.17, 15) is 4.39 Å². The van der Waals surface area contributed by atoms with E-state index < -0.39 is 0 Å². The van der Waals surface area contributed by atoms with Crippen molar-refractivity contribution >= 4 is 21.6 Å². The van der Waals surface area contributed by atoms with Crippen LogP contribution in [0.5, 0.6) is 0 Å². The molecule has 88 valence electrons. The zero-order valence-corrected chi connectivity index (χ0v) is 10.8. The van der Waals surface area contributed by atoms with Crippen molar-refractivity contribution in [1.82, 2.24) is 9.97 Å². The zero-order chi connectivity index (χ0) is 12.3. The Bertz CT molecular complexity index is 531. The maximum absolute atomic E-state index is 13.3. The SMILES string of the molecule is Cc1nccc(CNc2ccc(Br)c(F)c2)n1. The van der Waals surface area contributed by atoms with Crippen LogP contribution in [0.15, 0.2) is 34.9 Å². The van der Waals surface area contributed by atoms with Crippen molar-refractivity contribution in [3.8, 4) is 0 Å². The number of hydrogen-bond donors (Lipinski definition) is 1. The van der Waals surface area contributed by atoms with E-state index in [2.05, 4.69) is 31.2 Å². The van der Waals surface area contributed by atoms with E-state index in [1.54, 1.807) is 18.3 Å². The van der Waals surface area contributed by atoms with E-state index in [-0.39, 0.29) is 5.82 Å². The van der Waals surface area contributed by atoms with Gasteiger partial charge in [-0.1, -0.05) is 0 Å². The van der Waals surface area contributed by atoms with Gasteiger partial charge in [0.25, 0.3) is 0 Å². The second-order valence-electron chi connectivity index (χ2n) is 3.58. The second kappa shape index (κ2) is 5.23. The quantitative estimate of drug-likeness (QED) is 0.944. The van der Waals surface area contributed by atoms with Crippen LogP contribution in [0.1, 0.15) is 11.5 Å². The lowest BCUT2D eigenvalue weighted by Gasteiger charge is -2.06. The van der Waals surface area contributed by atoms with Gasteiger partial charge in [-0.2, -0.15) is 0 Å². The third-order valence-corrected chi connectivity index (χ3v) is 2.87. The molecular formula is C12H11BrFN3. The first-order valence-electron chi connectivity index (χ1n) is 5.12. The third-order valence-electron chi connectivity index (χ3n) is 2.23. The molecule has 1 heterocycles. The van der Waals surface area contributed by atoms with Crippen LogP contribution in [0.25, 0.3) is 0 Å². The van der Waals surface area contributed by atoms with Crippen molar-refractivity contribution in [3.05, 3.63) is 52.3 Å². The molecular weight excluding hydrogens is 285 g/mol. The first-order chi connectivity index (χ1) is 8.15. The van der Waals surface area contributed by atoms with Crippen LogP contribution >= 0.6 is 15.9 Å². The Hall–Kier alpha value is -1.49. The summed E-state index contributed by atoms with van der Waals surface area (Å²) in [6.45, 7) is 2.38. The third kappa shape index (κ3) is 3.23. The topological polar surface area (TPSA) is 37.8 Å². The average Bonchev–Trinajstić information content (AvgIpc) is 2.31. The van der Waals surface area contributed by atoms with Crippen LogP contribution < -0.4 is 5.32 Å². The molecule has 17 heavy (non-hydrogen) atoms. The number of nitrogens with zero attached hydrogens (tertiary/aromatic N) is 2. The fourth-order valence-electron chi connectivity index (χ4n) is 1.40. The highest BCUT2D eigenvalue weighted by atomic mass is 79.9. The maximum Gasteiger partial charge on any atom is 0.139 e. The van der Waals surface area contributed by atoms with Gasteiger partial charge in [-0.25, -0.2) is 14.4 Å². The highest BCUT2D eigenvalue weighted by Crippen LogP contribution is 2.19. The van der Waals surface area contributed by atoms with Gasteiger partial charge >= 0.3 is 0 Å². The molecule has 5 heteroatoms. The zero-order valence-electron chi connectivity index (χ0n) is 9.24. The molecule has 0 aliphatic carbocycles. The van der Waals surface area contributed by atoms with Gasteiger partial charge < -0.3 is 5.32 Å². The molecule has 0 radical (unpaired) electrons. The fourth-order valence-corrected chi connectivity index (χ4v) is 1.65. The Morgan fingerprint density at radius 3 is 2.88 bits per heavy atom. The summed E-state index contributed by atoms with van der Waals surface area (Å²) in [7, 11) is 0. The lowest BCUT2D eigenvalue weighted by molar-refractivity contribution is 0.621. The van der Waals surface area contributed by atoms with Crippen molar-refractivity contribution in [3.63, 3.8) is 0 Å². The Morgan fingerprint density at radius 2 is 2.18 bits per heavy atom. The van der Waals surface area contributed by atoms with E-state index in [0.29, 0.717) is 11.0 Å². The molecule has 0 bridgehead atoms. The Balaban J connectivity index is 2.05. The first kappa shape index (κ1) is 12.0. The van der Waals surface area contributed by atoms with Gasteiger partial charge in [0.05, 0.1) is 16.7 Å². The van der Waals surface area contributed by atoms with Crippen molar-refractivity contribution in [2.45, 2.75) is 13.5 Å². The van der Waals surface area contributed by atoms with Crippen molar-refractivity contribution in [2.75, 3.05) is 5.32 Å². The molecule has 0 atom stereocenters. The number of hydrogen-bond acceptors (Lipinski definition) is 3. The van der Waals surface area contributed by atoms with Gasteiger partial charge in [-0.05, 0) is 47.1 Å². The lowest BCUT2D eigenvalue weighted by atomic mass is 10.3. The molecule has 2 aromatic rings. The van der Waals surface area contributed by atoms with Gasteiger partial charge in [0.1, 0.15) is 11.6 Å². The van der Waals surface area contributed by atoms with Gasteiger partial charge in [0.15, 0.2) is 0 Å². The monoisotopic (exact) mass is 295 g/mol. The summed E-state index contributed by atoms with van der Waals surface area (Å²) >= 11 is 3.11. The van der Waals surface area contributed by atoms with Gasteiger partial charge in [-0.3, -0.25) is 0 Å². The van der Waals surface area contributed by atoms with Crippen LogP contribution in [0.4, 0.5) is 10.1 Å². The van der Waals surface area contributed by atoms with Crippen molar-refractivity contribution in [1.29, 1.82) is 0 Å². The first-order valence-corrected chi connectivity index (χ1v) is 5.92. The highest BCUT2D eigenvalue weighted by Gasteiger charge is 2.01. The van der Waals surface area contributed by atoms with Gasteiger partial charge in [-0.15, -0.1) is 0 Å². The van der Waals surface area contributed by atoms with Gasteiger partial charge in [0.2, 0.25) is 0 Å². The Morgan fingerprint density at radius 1 is 1.35 bits per heavy atom. The Kier molecular flexibility index (Phi) is 3.68. The normalized spacial score (nSPS) is 10.3. The molecule has 1 aromatic heterocycles. The smallest absolute Gasteiger partial charge is 0.139 e. The lowest BCUT2D eigenvalue weighted by Crippen LogP contribution is -2.03. The minimum absolute atomic E-state index is 0.283. The average molecular weight is 296 g/mol. The molecule has 1 aromatic carbocycles. The number of anilines is 1. The van der Waals surface area contributed by atoms with Crippen LogP contribution in [0.2, 0.25) is 0 Å². The number of halogens is 2. The molecule has 2 rings (SSSR count). The fraction of sp³-hybridized carbons (Fsp3) is 0.167.